The summed E-state index contributed by atoms with van der Waals surface area (Å²) in [6.07, 6.45) is 0. The first kappa shape index (κ1) is 39.5. The Kier molecular flexibility index (Phi) is 10.4. The number of fused-ring (bicyclic) bond motifs is 10. The third kappa shape index (κ3) is 6.24. The topological polar surface area (TPSA) is 12.5 Å². The van der Waals surface area contributed by atoms with E-state index in [0.717, 1.165) is 34.0 Å². The normalized spacial score (nSPS) is 12.7. The Morgan fingerprint density at radius 3 is 1.13 bits per heavy atom. The Morgan fingerprint density at radius 1 is 0.317 bits per heavy atom. The number of ether oxygens (including phenoxy) is 1. The summed E-state index contributed by atoms with van der Waals surface area (Å²) < 4.78 is 6.83. The first-order valence-electron chi connectivity index (χ1n) is 22.3. The van der Waals surface area contributed by atoms with Gasteiger partial charge in [0.15, 0.2) is 0 Å². The number of nitrogens with zero attached hydrogens (tertiary/aromatic N) is 1. The van der Waals surface area contributed by atoms with Crippen LogP contribution in [0.1, 0.15) is 49.9 Å². The van der Waals surface area contributed by atoms with Gasteiger partial charge in [0, 0.05) is 21.9 Å². The van der Waals surface area contributed by atoms with Crippen LogP contribution >= 0.6 is 0 Å². The van der Waals surface area contributed by atoms with Crippen LogP contribution in [0.5, 0.6) is 11.5 Å². The van der Waals surface area contributed by atoms with Gasteiger partial charge in [0.2, 0.25) is 0 Å². The van der Waals surface area contributed by atoms with Crippen molar-refractivity contribution in [3.8, 4) is 44.9 Å². The molecule has 0 radical (unpaired) electrons. The van der Waals surface area contributed by atoms with Crippen LogP contribution < -0.4 is 9.64 Å². The van der Waals surface area contributed by atoms with Crippen LogP contribution in [0.25, 0.3) is 54.9 Å². The van der Waals surface area contributed by atoms with E-state index in [4.69, 9.17) is 4.74 Å². The zero-order valence-electron chi connectivity index (χ0n) is 36.2. The van der Waals surface area contributed by atoms with E-state index < -0.39 is 5.41 Å². The third-order valence-electron chi connectivity index (χ3n) is 12.5. The fourth-order valence-corrected chi connectivity index (χ4v) is 10.0. The highest BCUT2D eigenvalue weighted by Gasteiger charge is 2.51. The molecule has 0 bridgehead atoms. The Balaban J connectivity index is 0.00000115. The molecule has 1 spiro atoms. The summed E-state index contributed by atoms with van der Waals surface area (Å²) in [6, 6.07) is 81.9. The maximum absolute atomic E-state index is 6.83. The van der Waals surface area contributed by atoms with Gasteiger partial charge in [-0.2, -0.15) is 0 Å². The molecular weight excluding hydrogens is 763 g/mol. The first-order chi connectivity index (χ1) is 31.3. The molecule has 0 amide bonds. The van der Waals surface area contributed by atoms with Crippen molar-refractivity contribution in [3.63, 3.8) is 0 Å². The third-order valence-corrected chi connectivity index (χ3v) is 12.5. The second kappa shape index (κ2) is 16.6. The maximum Gasteiger partial charge on any atom is 0.132 e. The Labute approximate surface area is 371 Å². The molecule has 0 aromatic heterocycles. The van der Waals surface area contributed by atoms with Crippen molar-refractivity contribution in [1.82, 2.24) is 0 Å². The fraction of sp³-hybridized carbons (Fsp3) is 0.0820. The molecular formula is C61H49NO. The van der Waals surface area contributed by atoms with Crippen molar-refractivity contribution in [2.45, 2.75) is 33.1 Å². The molecule has 304 valence electrons. The van der Waals surface area contributed by atoms with Crippen LogP contribution in [-0.2, 0) is 5.41 Å². The highest BCUT2D eigenvalue weighted by molar-refractivity contribution is 6.23. The van der Waals surface area contributed by atoms with Crippen LogP contribution in [0.2, 0.25) is 0 Å². The lowest BCUT2D eigenvalue weighted by Gasteiger charge is -2.49. The maximum atomic E-state index is 6.83. The van der Waals surface area contributed by atoms with Crippen molar-refractivity contribution < 1.29 is 4.74 Å². The average Bonchev–Trinajstić information content (AvgIpc) is 3.37. The van der Waals surface area contributed by atoms with Crippen molar-refractivity contribution in [1.29, 1.82) is 0 Å². The number of para-hydroxylation sites is 2. The molecule has 2 heterocycles. The summed E-state index contributed by atoms with van der Waals surface area (Å²) in [5.41, 5.74) is 14.5. The lowest BCUT2D eigenvalue weighted by atomic mass is 9.60. The standard InChI is InChI=1S/C57H37NO.2C2H6/c1-4-18-38(19-5-1)41-32-34-51-49(36-41)57(47-28-14-16-30-53(47)59-54-31-17-15-29-48(54)57)50-37-42(39-20-6-2-7-21-39)33-35-52(50)58(51)56-45-26-12-10-24-43(45)55(40-22-8-3-9-23-40)44-25-11-13-27-46(44)56;2*1-2/h1-37H;2*1-2H3. The summed E-state index contributed by atoms with van der Waals surface area (Å²) >= 11 is 0. The molecule has 0 atom stereocenters. The lowest BCUT2D eigenvalue weighted by molar-refractivity contribution is 0.434. The molecule has 0 fully saturated rings. The number of hydrogen-bond acceptors (Lipinski definition) is 2. The molecule has 0 saturated carbocycles. The largest absolute Gasteiger partial charge is 0.457 e. The quantitative estimate of drug-likeness (QED) is 0.164. The molecule has 0 aliphatic carbocycles. The Hall–Kier alpha value is -7.68. The molecule has 0 N–H and O–H groups in total. The number of hydrogen-bond donors (Lipinski definition) is 0. The van der Waals surface area contributed by atoms with Gasteiger partial charge in [-0.3, -0.25) is 0 Å². The first-order valence-corrected chi connectivity index (χ1v) is 22.3. The van der Waals surface area contributed by atoms with Crippen molar-refractivity contribution in [2.75, 3.05) is 4.90 Å². The molecule has 0 unspecified atom stereocenters. The molecule has 2 aliphatic heterocycles. The minimum atomic E-state index is -0.724. The van der Waals surface area contributed by atoms with E-state index >= 15 is 0 Å². The predicted octanol–water partition coefficient (Wildman–Crippen LogP) is 17.3. The smallest absolute Gasteiger partial charge is 0.132 e. The summed E-state index contributed by atoms with van der Waals surface area (Å²) in [6.45, 7) is 8.00. The predicted molar refractivity (Wildman–Crippen MR) is 267 cm³/mol. The molecule has 10 aromatic carbocycles. The van der Waals surface area contributed by atoms with Crippen LogP contribution in [0, 0.1) is 0 Å². The van der Waals surface area contributed by atoms with E-state index in [-0.39, 0.29) is 0 Å². The monoisotopic (exact) mass is 811 g/mol. The summed E-state index contributed by atoms with van der Waals surface area (Å²) in [5.74, 6) is 1.74. The van der Waals surface area contributed by atoms with Gasteiger partial charge in [0.05, 0.1) is 22.5 Å². The molecule has 2 heteroatoms. The number of rotatable bonds is 4. The summed E-state index contributed by atoms with van der Waals surface area (Å²) in [7, 11) is 0. The van der Waals surface area contributed by atoms with Crippen molar-refractivity contribution in [2.24, 2.45) is 0 Å². The minimum absolute atomic E-state index is 0.724. The minimum Gasteiger partial charge on any atom is -0.457 e. The van der Waals surface area contributed by atoms with Crippen LogP contribution in [0.15, 0.2) is 224 Å². The van der Waals surface area contributed by atoms with Gasteiger partial charge in [-0.1, -0.05) is 216 Å². The highest BCUT2D eigenvalue weighted by atomic mass is 16.5. The zero-order valence-corrected chi connectivity index (χ0v) is 36.2. The van der Waals surface area contributed by atoms with Gasteiger partial charge in [0.1, 0.15) is 11.5 Å². The van der Waals surface area contributed by atoms with Crippen molar-refractivity contribution in [3.05, 3.63) is 247 Å². The molecule has 12 rings (SSSR count). The SMILES string of the molecule is CC.CC.c1ccc(-c2ccc3c(c2)C2(c4ccccc4Oc4ccccc42)c2cc(-c4ccccc4)ccc2N3c2c3ccccc3c(-c3ccccc3)c3ccccc23)cc1. The van der Waals surface area contributed by atoms with Crippen LogP contribution in [0.3, 0.4) is 0 Å². The summed E-state index contributed by atoms with van der Waals surface area (Å²) in [4.78, 5) is 2.57. The summed E-state index contributed by atoms with van der Waals surface area (Å²) in [5, 5.41) is 4.84. The van der Waals surface area contributed by atoms with Crippen LogP contribution in [-0.4, -0.2) is 0 Å². The second-order valence-corrected chi connectivity index (χ2v) is 15.6. The molecule has 10 aromatic rings. The van der Waals surface area contributed by atoms with Gasteiger partial charge in [0.25, 0.3) is 0 Å². The Bertz CT molecular complexity index is 3050. The van der Waals surface area contributed by atoms with Crippen LogP contribution in [0.4, 0.5) is 17.1 Å². The number of benzene rings is 10. The zero-order chi connectivity index (χ0) is 42.9. The van der Waals surface area contributed by atoms with Crippen molar-refractivity contribution >= 4 is 38.6 Å². The second-order valence-electron chi connectivity index (χ2n) is 15.6. The van der Waals surface area contributed by atoms with E-state index in [1.54, 1.807) is 0 Å². The molecule has 63 heavy (non-hydrogen) atoms. The van der Waals surface area contributed by atoms with Gasteiger partial charge < -0.3 is 9.64 Å². The van der Waals surface area contributed by atoms with Gasteiger partial charge >= 0.3 is 0 Å². The van der Waals surface area contributed by atoms with Gasteiger partial charge in [-0.25, -0.2) is 0 Å². The molecule has 2 aliphatic rings. The van der Waals surface area contributed by atoms with E-state index in [2.05, 4.69) is 229 Å². The number of anilines is 3. The Morgan fingerprint density at radius 2 is 0.683 bits per heavy atom. The highest BCUT2D eigenvalue weighted by Crippen LogP contribution is 2.64. The van der Waals surface area contributed by atoms with Gasteiger partial charge in [-0.05, 0) is 91.7 Å². The molecule has 0 saturated heterocycles. The van der Waals surface area contributed by atoms with E-state index in [0.29, 0.717) is 0 Å². The average molecular weight is 812 g/mol. The fourth-order valence-electron chi connectivity index (χ4n) is 10.0. The lowest BCUT2D eigenvalue weighted by Crippen LogP contribution is -2.40. The van der Waals surface area contributed by atoms with E-state index in [1.165, 1.54) is 71.7 Å². The van der Waals surface area contributed by atoms with Gasteiger partial charge in [-0.15, -0.1) is 0 Å². The van der Waals surface area contributed by atoms with E-state index in [9.17, 15) is 0 Å². The molecule has 2 nitrogen and oxygen atoms in total. The van der Waals surface area contributed by atoms with E-state index in [1.807, 2.05) is 27.7 Å².